The molecule has 1 heterocycles. The van der Waals surface area contributed by atoms with E-state index in [9.17, 15) is 8.42 Å². The molecule has 3 rings (SSSR count). The zero-order chi connectivity index (χ0) is 20.7. The van der Waals surface area contributed by atoms with Gasteiger partial charge in [-0.2, -0.15) is 13.5 Å². The van der Waals surface area contributed by atoms with Crippen LogP contribution in [0.1, 0.15) is 29.2 Å². The fourth-order valence-electron chi connectivity index (χ4n) is 2.95. The second-order valence-electron chi connectivity index (χ2n) is 6.17. The van der Waals surface area contributed by atoms with Gasteiger partial charge in [0.05, 0.1) is 30.3 Å². The van der Waals surface area contributed by atoms with Crippen LogP contribution in [-0.4, -0.2) is 43.0 Å². The molecule has 5 N–H and O–H groups in total. The lowest BCUT2D eigenvalue weighted by Crippen LogP contribution is -2.29. The summed E-state index contributed by atoms with van der Waals surface area (Å²) in [7, 11) is -2.03. The van der Waals surface area contributed by atoms with Crippen molar-refractivity contribution < 1.29 is 17.7 Å². The van der Waals surface area contributed by atoms with Crippen LogP contribution in [0.5, 0.6) is 5.75 Å². The number of nitrogens with zero attached hydrogens (tertiary/aromatic N) is 2. The lowest BCUT2D eigenvalue weighted by Gasteiger charge is -2.26. The van der Waals surface area contributed by atoms with Gasteiger partial charge in [-0.05, 0) is 30.4 Å². The second-order valence-corrected chi connectivity index (χ2v) is 7.63. The average molecular weight is 405 g/mol. The summed E-state index contributed by atoms with van der Waals surface area (Å²) in [4.78, 5) is 4.51. The number of aromatic nitrogens is 1. The number of hydrogen-bond acceptors (Lipinski definition) is 6. The van der Waals surface area contributed by atoms with Crippen molar-refractivity contribution >= 4 is 21.8 Å². The molecular weight excluding hydrogens is 382 g/mol. The van der Waals surface area contributed by atoms with Crippen LogP contribution in [0, 0.1) is 5.41 Å². The van der Waals surface area contributed by atoms with Crippen LogP contribution in [0.15, 0.2) is 47.7 Å². The maximum atomic E-state index is 9.19. The molecule has 2 aromatic rings. The highest BCUT2D eigenvalue weighted by atomic mass is 32.2. The first-order valence-corrected chi connectivity index (χ1v) is 10.2. The zero-order valence-corrected chi connectivity index (χ0v) is 16.4. The van der Waals surface area contributed by atoms with Crippen molar-refractivity contribution in [1.82, 2.24) is 10.4 Å². The van der Waals surface area contributed by atoms with Crippen LogP contribution in [0.3, 0.4) is 0 Å². The maximum absolute atomic E-state index is 9.19. The average Bonchev–Trinajstić information content (AvgIpc) is 2.64. The fraction of sp³-hybridized carbons (Fsp3) is 0.278. The Labute approximate surface area is 163 Å². The number of nitrogens with one attached hydrogen (secondary N) is 2. The first kappa shape index (κ1) is 21.3. The number of methoxy groups -OCH3 is 1. The summed E-state index contributed by atoms with van der Waals surface area (Å²) < 4.78 is 31.3. The second kappa shape index (κ2) is 9.29. The van der Waals surface area contributed by atoms with Crippen molar-refractivity contribution in [3.8, 4) is 5.75 Å². The Bertz CT molecular complexity index is 953. The molecule has 0 bridgehead atoms. The van der Waals surface area contributed by atoms with Gasteiger partial charge in [-0.3, -0.25) is 14.9 Å². The summed E-state index contributed by atoms with van der Waals surface area (Å²) >= 11 is 0. The molecule has 1 aliphatic carbocycles. The highest BCUT2D eigenvalue weighted by molar-refractivity contribution is 7.85. The van der Waals surface area contributed by atoms with Gasteiger partial charge in [-0.1, -0.05) is 30.3 Å². The predicted octanol–water partition coefficient (Wildman–Crippen LogP) is 1.51. The van der Waals surface area contributed by atoms with Gasteiger partial charge in [0.25, 0.3) is 10.1 Å². The minimum Gasteiger partial charge on any atom is -0.496 e. The van der Waals surface area contributed by atoms with Crippen LogP contribution in [0.4, 0.5) is 0 Å². The number of guanidine groups is 1. The Morgan fingerprint density at radius 3 is 2.54 bits per heavy atom. The van der Waals surface area contributed by atoms with E-state index in [-0.39, 0.29) is 11.9 Å². The minimum atomic E-state index is -3.67. The normalized spacial score (nSPS) is 17.1. The molecule has 1 unspecified atom stereocenters. The van der Waals surface area contributed by atoms with Gasteiger partial charge in [0.15, 0.2) is 0 Å². The molecule has 10 heteroatoms. The summed E-state index contributed by atoms with van der Waals surface area (Å²) in [5, 5.41) is 11.6. The van der Waals surface area contributed by atoms with E-state index in [1.54, 1.807) is 13.3 Å². The summed E-state index contributed by atoms with van der Waals surface area (Å²) in [5.74, 6) is 0.838. The molecule has 150 valence electrons. The molecule has 0 radical (unpaired) electrons. The van der Waals surface area contributed by atoms with Crippen molar-refractivity contribution in [3.63, 3.8) is 0 Å². The van der Waals surface area contributed by atoms with Crippen LogP contribution in [-0.2, 0) is 16.5 Å². The number of ether oxygens (including phenoxy) is 1. The van der Waals surface area contributed by atoms with Gasteiger partial charge in [-0.15, -0.1) is 0 Å². The van der Waals surface area contributed by atoms with Gasteiger partial charge in [0.1, 0.15) is 5.75 Å². The van der Waals surface area contributed by atoms with Gasteiger partial charge in [-0.25, -0.2) is 5.43 Å². The Kier molecular flexibility index (Phi) is 7.07. The Balaban J connectivity index is 0.000000500. The van der Waals surface area contributed by atoms with E-state index in [0.29, 0.717) is 6.26 Å². The Hall–Kier alpha value is -2.98. The van der Waals surface area contributed by atoms with Crippen LogP contribution in [0.25, 0.3) is 0 Å². The third kappa shape index (κ3) is 6.32. The van der Waals surface area contributed by atoms with E-state index in [1.165, 1.54) is 5.56 Å². The zero-order valence-electron chi connectivity index (χ0n) is 15.6. The maximum Gasteiger partial charge on any atom is 0.261 e. The highest BCUT2D eigenvalue weighted by Gasteiger charge is 2.28. The molecule has 0 saturated heterocycles. The van der Waals surface area contributed by atoms with Crippen molar-refractivity contribution in [2.45, 2.75) is 18.8 Å². The van der Waals surface area contributed by atoms with E-state index in [0.717, 1.165) is 35.6 Å². The standard InChI is InChI=1S/C17H19N5O.CH4O3S/c1-23-15-7-8-20-13-9-12(11-5-3-2-4-6-11)10-14(16(13)15)21-22-17(18)19;1-5(2,3)4/h2-8,12H,9-10H2,1H3,(H4,18,19,22);1H3,(H,2,3,4)/b21-14-;. The van der Waals surface area contributed by atoms with Crippen molar-refractivity contribution in [3.05, 3.63) is 59.4 Å². The monoisotopic (exact) mass is 405 g/mol. The molecule has 0 fully saturated rings. The van der Waals surface area contributed by atoms with Crippen LogP contribution >= 0.6 is 0 Å². The first-order valence-electron chi connectivity index (χ1n) is 8.35. The number of fused-ring (bicyclic) bond motifs is 1. The molecule has 28 heavy (non-hydrogen) atoms. The van der Waals surface area contributed by atoms with E-state index in [4.69, 9.17) is 20.4 Å². The number of hydrogen-bond donors (Lipinski definition) is 4. The first-order chi connectivity index (χ1) is 13.2. The minimum absolute atomic E-state index is 0.191. The molecule has 0 spiro atoms. The van der Waals surface area contributed by atoms with Crippen molar-refractivity contribution in [2.75, 3.05) is 13.4 Å². The number of nitrogens with two attached hydrogens (primary N) is 1. The molecule has 0 amide bonds. The SMILES string of the molecule is COc1ccnc2c1/C(=N\NC(=N)N)CC(c1ccccc1)C2.CS(=O)(=O)O. The molecule has 1 aromatic carbocycles. The van der Waals surface area contributed by atoms with Crippen LogP contribution < -0.4 is 15.9 Å². The van der Waals surface area contributed by atoms with Crippen LogP contribution in [0.2, 0.25) is 0 Å². The van der Waals surface area contributed by atoms with Crippen molar-refractivity contribution in [1.29, 1.82) is 5.41 Å². The largest absolute Gasteiger partial charge is 0.496 e. The quantitative estimate of drug-likeness (QED) is 0.261. The smallest absolute Gasteiger partial charge is 0.261 e. The summed E-state index contributed by atoms with van der Waals surface area (Å²) in [6.07, 6.45) is 4.03. The third-order valence-electron chi connectivity index (χ3n) is 3.96. The van der Waals surface area contributed by atoms with E-state index >= 15 is 0 Å². The number of rotatable bonds is 3. The van der Waals surface area contributed by atoms with Crippen molar-refractivity contribution in [2.24, 2.45) is 10.8 Å². The molecule has 1 aliphatic rings. The Morgan fingerprint density at radius 1 is 1.32 bits per heavy atom. The highest BCUT2D eigenvalue weighted by Crippen LogP contribution is 2.35. The van der Waals surface area contributed by atoms with Gasteiger partial charge < -0.3 is 10.5 Å². The number of pyridine rings is 1. The molecule has 0 aliphatic heterocycles. The van der Waals surface area contributed by atoms with E-state index in [1.807, 2.05) is 24.3 Å². The summed E-state index contributed by atoms with van der Waals surface area (Å²) in [5.41, 5.74) is 11.8. The lowest BCUT2D eigenvalue weighted by molar-refractivity contribution is 0.411. The summed E-state index contributed by atoms with van der Waals surface area (Å²) in [6.45, 7) is 0. The predicted molar refractivity (Wildman–Crippen MR) is 107 cm³/mol. The molecule has 1 aromatic heterocycles. The van der Waals surface area contributed by atoms with Gasteiger partial charge >= 0.3 is 0 Å². The third-order valence-corrected chi connectivity index (χ3v) is 3.96. The van der Waals surface area contributed by atoms with Gasteiger partial charge in [0, 0.05) is 6.20 Å². The fourth-order valence-corrected chi connectivity index (χ4v) is 2.95. The molecule has 0 saturated carbocycles. The topological polar surface area (TPSA) is 151 Å². The lowest BCUT2D eigenvalue weighted by atomic mass is 9.81. The molecule has 1 atom stereocenters. The molecular formula is C18H23N5O4S. The molecule has 9 nitrogen and oxygen atoms in total. The van der Waals surface area contributed by atoms with Gasteiger partial charge in [0.2, 0.25) is 5.96 Å². The Morgan fingerprint density at radius 2 is 1.96 bits per heavy atom. The van der Waals surface area contributed by atoms with E-state index in [2.05, 4.69) is 27.6 Å². The number of hydrazone groups is 1. The summed E-state index contributed by atoms with van der Waals surface area (Å²) in [6, 6.07) is 12.1. The number of benzene rings is 1. The van der Waals surface area contributed by atoms with E-state index < -0.39 is 10.1 Å².